The third kappa shape index (κ3) is 7.14. The summed E-state index contributed by atoms with van der Waals surface area (Å²) in [5, 5.41) is 3.08. The highest BCUT2D eigenvalue weighted by Gasteiger charge is 2.25. The highest BCUT2D eigenvalue weighted by Crippen LogP contribution is 2.28. The van der Waals surface area contributed by atoms with Crippen LogP contribution >= 0.6 is 0 Å². The van der Waals surface area contributed by atoms with E-state index in [1.54, 1.807) is 14.0 Å². The van der Waals surface area contributed by atoms with Crippen molar-refractivity contribution in [3.05, 3.63) is 17.6 Å². The number of ether oxygens (including phenoxy) is 1. The third-order valence-electron chi connectivity index (χ3n) is 6.53. The number of methoxy groups -OCH3 is 1. The zero-order chi connectivity index (χ0) is 22.4. The molecule has 2 aliphatic rings. The number of nitrogens with one attached hydrogen (secondary N) is 1. The quantitative estimate of drug-likeness (QED) is 0.715. The molecule has 1 saturated heterocycles. The number of carbonyl (C=O) groups excluding carboxylic acids is 1. The number of rotatable bonds is 7. The van der Waals surface area contributed by atoms with Crippen LogP contribution in [0.1, 0.15) is 71.3 Å². The van der Waals surface area contributed by atoms with Gasteiger partial charge in [-0.05, 0) is 44.6 Å². The lowest BCUT2D eigenvalue weighted by molar-refractivity contribution is -0.119. The number of carbonyl (C=O) groups is 1. The second kappa shape index (κ2) is 10.7. The van der Waals surface area contributed by atoms with E-state index in [0.717, 1.165) is 62.3 Å². The Morgan fingerprint density at radius 2 is 1.81 bits per heavy atom. The first-order chi connectivity index (χ1) is 14.7. The normalized spacial score (nSPS) is 23.1. The lowest BCUT2D eigenvalue weighted by Gasteiger charge is -2.37. The van der Waals surface area contributed by atoms with Gasteiger partial charge in [0.2, 0.25) is 5.91 Å². The number of hydrogen-bond donors (Lipinski definition) is 1. The number of nitrogens with zero attached hydrogens (tertiary/aromatic N) is 4. The van der Waals surface area contributed by atoms with Gasteiger partial charge in [-0.25, -0.2) is 9.97 Å². The van der Waals surface area contributed by atoms with E-state index in [9.17, 15) is 4.79 Å². The van der Waals surface area contributed by atoms with E-state index in [0.29, 0.717) is 12.6 Å². The molecule has 0 radical (unpaired) electrons. The van der Waals surface area contributed by atoms with Crippen molar-refractivity contribution in [1.82, 2.24) is 20.2 Å². The monoisotopic (exact) mass is 431 g/mol. The number of hydrogen-bond acceptors (Lipinski definition) is 6. The molecule has 0 aromatic carbocycles. The molecule has 0 spiro atoms. The van der Waals surface area contributed by atoms with E-state index in [1.165, 1.54) is 25.8 Å². The smallest absolute Gasteiger partial charge is 0.217 e. The molecule has 1 saturated carbocycles. The van der Waals surface area contributed by atoms with Crippen molar-refractivity contribution in [2.75, 3.05) is 44.7 Å². The molecule has 7 nitrogen and oxygen atoms in total. The fraction of sp³-hybridized carbons (Fsp3) is 0.792. The zero-order valence-corrected chi connectivity index (χ0v) is 20.1. The molecule has 1 aromatic rings. The van der Waals surface area contributed by atoms with Gasteiger partial charge in [-0.1, -0.05) is 20.8 Å². The molecule has 2 heterocycles. The van der Waals surface area contributed by atoms with E-state index in [-0.39, 0.29) is 11.3 Å². The maximum absolute atomic E-state index is 11.2. The summed E-state index contributed by atoms with van der Waals surface area (Å²) >= 11 is 0. The molecule has 31 heavy (non-hydrogen) atoms. The summed E-state index contributed by atoms with van der Waals surface area (Å²) in [5.74, 6) is 2.82. The summed E-state index contributed by atoms with van der Waals surface area (Å²) < 4.78 is 5.33. The van der Waals surface area contributed by atoms with Gasteiger partial charge in [-0.2, -0.15) is 0 Å². The van der Waals surface area contributed by atoms with Crippen LogP contribution in [0.25, 0.3) is 0 Å². The average molecular weight is 432 g/mol. The minimum atomic E-state index is -0.0841. The molecule has 0 bridgehead atoms. The van der Waals surface area contributed by atoms with Gasteiger partial charge in [0.1, 0.15) is 11.6 Å². The number of piperazine rings is 1. The van der Waals surface area contributed by atoms with Crippen LogP contribution in [0.15, 0.2) is 6.07 Å². The number of anilines is 1. The van der Waals surface area contributed by atoms with E-state index in [4.69, 9.17) is 14.7 Å². The minimum absolute atomic E-state index is 0.0841. The first-order valence-electron chi connectivity index (χ1n) is 11.9. The first kappa shape index (κ1) is 23.9. The van der Waals surface area contributed by atoms with Crippen molar-refractivity contribution in [1.29, 1.82) is 0 Å². The Labute approximate surface area is 188 Å². The Balaban J connectivity index is 1.47. The van der Waals surface area contributed by atoms with Gasteiger partial charge in [0.25, 0.3) is 0 Å². The minimum Gasteiger partial charge on any atom is -0.378 e. The lowest BCUT2D eigenvalue weighted by Crippen LogP contribution is -2.47. The van der Waals surface area contributed by atoms with Crippen molar-refractivity contribution in [3.8, 4) is 0 Å². The van der Waals surface area contributed by atoms with Gasteiger partial charge in [-0.3, -0.25) is 9.69 Å². The highest BCUT2D eigenvalue weighted by atomic mass is 16.5. The maximum Gasteiger partial charge on any atom is 0.217 e. The molecule has 174 valence electrons. The summed E-state index contributed by atoms with van der Waals surface area (Å²) in [4.78, 5) is 25.8. The van der Waals surface area contributed by atoms with Crippen LogP contribution in [0.2, 0.25) is 0 Å². The molecular formula is C24H41N5O2. The van der Waals surface area contributed by atoms with E-state index in [2.05, 4.69) is 42.0 Å². The fourth-order valence-electron chi connectivity index (χ4n) is 4.65. The summed E-state index contributed by atoms with van der Waals surface area (Å²) in [6.07, 6.45) is 6.01. The van der Waals surface area contributed by atoms with Gasteiger partial charge in [-0.15, -0.1) is 0 Å². The number of aromatic nitrogens is 2. The van der Waals surface area contributed by atoms with E-state index >= 15 is 0 Å². The molecule has 7 heteroatoms. The molecule has 3 rings (SSSR count). The summed E-state index contributed by atoms with van der Waals surface area (Å²) in [6, 6.07) is 2.48. The predicted molar refractivity (Wildman–Crippen MR) is 124 cm³/mol. The second-order valence-electron chi connectivity index (χ2n) is 10.3. The van der Waals surface area contributed by atoms with E-state index < -0.39 is 0 Å². The third-order valence-corrected chi connectivity index (χ3v) is 6.53. The van der Waals surface area contributed by atoms with Gasteiger partial charge in [0, 0.05) is 57.7 Å². The number of amides is 1. The van der Waals surface area contributed by atoms with Gasteiger partial charge in [0.05, 0.1) is 12.3 Å². The maximum atomic E-state index is 11.2. The highest BCUT2D eigenvalue weighted by molar-refractivity contribution is 5.73. The van der Waals surface area contributed by atoms with Gasteiger partial charge < -0.3 is 15.0 Å². The molecule has 1 aromatic heterocycles. The molecule has 0 unspecified atom stereocenters. The standard InChI is InChI=1S/C24H41N5O2/c1-18(30)25-20-8-6-19(7-9-20)10-11-28-12-14-29(15-13-28)22-16-21(17-31-5)26-23(27-22)24(2,3)4/h16,19-20H,6-15,17H2,1-5H3,(H,25,30). The van der Waals surface area contributed by atoms with Crippen LogP contribution in [0.5, 0.6) is 0 Å². The Hall–Kier alpha value is -1.73. The topological polar surface area (TPSA) is 70.6 Å². The van der Waals surface area contributed by atoms with Crippen LogP contribution in [0, 0.1) is 5.92 Å². The molecule has 2 fully saturated rings. The molecular weight excluding hydrogens is 390 g/mol. The molecule has 1 N–H and O–H groups in total. The van der Waals surface area contributed by atoms with Crippen LogP contribution in [-0.4, -0.2) is 66.7 Å². The first-order valence-corrected chi connectivity index (χ1v) is 11.9. The zero-order valence-electron chi connectivity index (χ0n) is 20.1. The van der Waals surface area contributed by atoms with Crippen molar-refractivity contribution in [2.24, 2.45) is 5.92 Å². The van der Waals surface area contributed by atoms with Crippen molar-refractivity contribution in [3.63, 3.8) is 0 Å². The van der Waals surface area contributed by atoms with Crippen LogP contribution < -0.4 is 10.2 Å². The lowest BCUT2D eigenvalue weighted by atomic mass is 9.84. The fourth-order valence-corrected chi connectivity index (χ4v) is 4.65. The summed E-state index contributed by atoms with van der Waals surface area (Å²) in [6.45, 7) is 13.9. The molecule has 1 aliphatic carbocycles. The SMILES string of the molecule is COCc1cc(N2CCN(CCC3CCC(NC(C)=O)CC3)CC2)nc(C(C)(C)C)n1. The predicted octanol–water partition coefficient (Wildman–Crippen LogP) is 3.13. The Kier molecular flexibility index (Phi) is 8.28. The molecule has 1 amide bonds. The van der Waals surface area contributed by atoms with Gasteiger partial charge in [0.15, 0.2) is 0 Å². The van der Waals surface area contributed by atoms with Crippen LogP contribution in [0.3, 0.4) is 0 Å². The van der Waals surface area contributed by atoms with Crippen molar-refractivity contribution < 1.29 is 9.53 Å². The summed E-state index contributed by atoms with van der Waals surface area (Å²) in [7, 11) is 1.71. The Morgan fingerprint density at radius 1 is 1.13 bits per heavy atom. The largest absolute Gasteiger partial charge is 0.378 e. The molecule has 1 aliphatic heterocycles. The Morgan fingerprint density at radius 3 is 2.39 bits per heavy atom. The average Bonchev–Trinajstić information content (AvgIpc) is 2.73. The van der Waals surface area contributed by atoms with Crippen LogP contribution in [0.4, 0.5) is 5.82 Å². The summed E-state index contributed by atoms with van der Waals surface area (Å²) in [5.41, 5.74) is 0.869. The van der Waals surface area contributed by atoms with Crippen LogP contribution in [-0.2, 0) is 21.6 Å². The van der Waals surface area contributed by atoms with Crippen molar-refractivity contribution in [2.45, 2.75) is 77.9 Å². The molecule has 0 atom stereocenters. The Bertz CT molecular complexity index is 717. The van der Waals surface area contributed by atoms with E-state index in [1.807, 2.05) is 0 Å². The second-order valence-corrected chi connectivity index (χ2v) is 10.3. The van der Waals surface area contributed by atoms with Crippen molar-refractivity contribution >= 4 is 11.7 Å². The van der Waals surface area contributed by atoms with Gasteiger partial charge >= 0.3 is 0 Å².